The molecule has 3 aromatic rings. The summed E-state index contributed by atoms with van der Waals surface area (Å²) in [7, 11) is 0. The van der Waals surface area contributed by atoms with Crippen LogP contribution in [0.1, 0.15) is 11.1 Å². The lowest BCUT2D eigenvalue weighted by Gasteiger charge is -2.01. The predicted octanol–water partition coefficient (Wildman–Crippen LogP) is 3.36. The molecule has 0 aliphatic rings. The molecule has 0 amide bonds. The van der Waals surface area contributed by atoms with Gasteiger partial charge in [-0.2, -0.15) is 9.78 Å². The maximum Gasteiger partial charge on any atom is 0.269 e. The Kier molecular flexibility index (Phi) is 4.97. The molecule has 0 aliphatic carbocycles. The van der Waals surface area contributed by atoms with E-state index in [4.69, 9.17) is 0 Å². The van der Waals surface area contributed by atoms with Gasteiger partial charge in [-0.25, -0.2) is 0 Å². The van der Waals surface area contributed by atoms with Crippen molar-refractivity contribution in [1.29, 1.82) is 0 Å². The van der Waals surface area contributed by atoms with Crippen LogP contribution < -0.4 is 0 Å². The first-order chi connectivity index (χ1) is 11.7. The van der Waals surface area contributed by atoms with Crippen molar-refractivity contribution in [3.63, 3.8) is 0 Å². The molecule has 0 spiro atoms. The molecular formula is C16H13N5O2S. The van der Waals surface area contributed by atoms with Gasteiger partial charge < -0.3 is 0 Å². The molecule has 2 aromatic carbocycles. The van der Waals surface area contributed by atoms with Gasteiger partial charge in [0.05, 0.1) is 11.1 Å². The van der Waals surface area contributed by atoms with E-state index in [0.29, 0.717) is 5.16 Å². The lowest BCUT2D eigenvalue weighted by molar-refractivity contribution is -0.384. The van der Waals surface area contributed by atoms with Crippen molar-refractivity contribution in [2.45, 2.75) is 10.9 Å². The van der Waals surface area contributed by atoms with Gasteiger partial charge in [0.25, 0.3) is 5.69 Å². The molecule has 0 fully saturated rings. The van der Waals surface area contributed by atoms with E-state index in [1.54, 1.807) is 23.0 Å². The Morgan fingerprint density at radius 2 is 1.92 bits per heavy atom. The van der Waals surface area contributed by atoms with Crippen molar-refractivity contribution in [3.8, 4) is 0 Å². The Morgan fingerprint density at radius 1 is 1.17 bits per heavy atom. The Labute approximate surface area is 142 Å². The third kappa shape index (κ3) is 4.05. The topological polar surface area (TPSA) is 86.2 Å². The number of nitro groups is 1. The summed E-state index contributed by atoms with van der Waals surface area (Å²) in [6, 6.07) is 16.2. The highest BCUT2D eigenvalue weighted by Gasteiger charge is 2.05. The fourth-order valence-corrected chi connectivity index (χ4v) is 2.75. The number of non-ortho nitro benzene ring substituents is 1. The van der Waals surface area contributed by atoms with Crippen LogP contribution in [0.2, 0.25) is 0 Å². The molecule has 8 heteroatoms. The second-order valence-electron chi connectivity index (χ2n) is 4.83. The standard InChI is InChI=1S/C16H13N5O2S/c22-21(23)15-8-6-13(7-9-15)10-18-20-12-17-19-16(20)24-11-14-4-2-1-3-5-14/h1-10,12H,11H2/b18-10-. The van der Waals surface area contributed by atoms with E-state index in [1.165, 1.54) is 35.8 Å². The zero-order valence-electron chi connectivity index (χ0n) is 12.5. The number of nitro benzene ring substituents is 1. The number of hydrogen-bond donors (Lipinski definition) is 0. The number of thioether (sulfide) groups is 1. The third-order valence-corrected chi connectivity index (χ3v) is 4.15. The molecule has 7 nitrogen and oxygen atoms in total. The van der Waals surface area contributed by atoms with E-state index in [0.717, 1.165) is 11.3 Å². The van der Waals surface area contributed by atoms with Gasteiger partial charge in [-0.15, -0.1) is 10.2 Å². The summed E-state index contributed by atoms with van der Waals surface area (Å²) in [5.41, 5.74) is 2.00. The van der Waals surface area contributed by atoms with Crippen LogP contribution in [0, 0.1) is 10.1 Å². The number of rotatable bonds is 6. The van der Waals surface area contributed by atoms with Gasteiger partial charge in [0.2, 0.25) is 5.16 Å². The summed E-state index contributed by atoms with van der Waals surface area (Å²) in [6.07, 6.45) is 3.13. The van der Waals surface area contributed by atoms with E-state index in [2.05, 4.69) is 15.3 Å². The molecule has 120 valence electrons. The van der Waals surface area contributed by atoms with Crippen LogP contribution in [0.4, 0.5) is 5.69 Å². The molecule has 24 heavy (non-hydrogen) atoms. The lowest BCUT2D eigenvalue weighted by Crippen LogP contribution is -1.93. The quantitative estimate of drug-likeness (QED) is 0.297. The van der Waals surface area contributed by atoms with Gasteiger partial charge in [0, 0.05) is 17.9 Å². The SMILES string of the molecule is O=[N+]([O-])c1ccc(/C=N\n2cnnc2SCc2ccccc2)cc1. The van der Waals surface area contributed by atoms with Gasteiger partial charge >= 0.3 is 0 Å². The van der Waals surface area contributed by atoms with Crippen molar-refractivity contribution >= 4 is 23.7 Å². The van der Waals surface area contributed by atoms with Crippen LogP contribution >= 0.6 is 11.8 Å². The van der Waals surface area contributed by atoms with Crippen molar-refractivity contribution in [1.82, 2.24) is 14.9 Å². The maximum absolute atomic E-state index is 10.6. The first kappa shape index (κ1) is 15.9. The maximum atomic E-state index is 10.6. The summed E-state index contributed by atoms with van der Waals surface area (Å²) in [6.45, 7) is 0. The van der Waals surface area contributed by atoms with Crippen LogP contribution in [-0.4, -0.2) is 26.0 Å². The molecule has 0 radical (unpaired) electrons. The van der Waals surface area contributed by atoms with Gasteiger partial charge in [-0.3, -0.25) is 10.1 Å². The molecular weight excluding hydrogens is 326 g/mol. The summed E-state index contributed by atoms with van der Waals surface area (Å²) >= 11 is 1.53. The summed E-state index contributed by atoms with van der Waals surface area (Å²) < 4.78 is 1.58. The zero-order valence-corrected chi connectivity index (χ0v) is 13.3. The second kappa shape index (κ2) is 7.51. The highest BCUT2D eigenvalue weighted by atomic mass is 32.2. The fraction of sp³-hybridized carbons (Fsp3) is 0.0625. The van der Waals surface area contributed by atoms with Crippen LogP contribution in [0.15, 0.2) is 71.2 Å². The van der Waals surface area contributed by atoms with Gasteiger partial charge in [-0.05, 0) is 23.3 Å². The minimum atomic E-state index is -0.432. The first-order valence-electron chi connectivity index (χ1n) is 7.08. The zero-order chi connectivity index (χ0) is 16.8. The monoisotopic (exact) mass is 339 g/mol. The molecule has 1 heterocycles. The molecule has 0 unspecified atom stereocenters. The summed E-state index contributed by atoms with van der Waals surface area (Å²) in [5.74, 6) is 0.770. The van der Waals surface area contributed by atoms with Gasteiger partial charge in [0.15, 0.2) is 0 Å². The average Bonchev–Trinajstić information content (AvgIpc) is 3.07. The van der Waals surface area contributed by atoms with E-state index < -0.39 is 4.92 Å². The molecule has 0 atom stereocenters. The smallest absolute Gasteiger partial charge is 0.258 e. The molecule has 1 aromatic heterocycles. The molecule has 0 saturated heterocycles. The van der Waals surface area contributed by atoms with Crippen LogP contribution in [-0.2, 0) is 5.75 Å². The van der Waals surface area contributed by atoms with Crippen LogP contribution in [0.3, 0.4) is 0 Å². The predicted molar refractivity (Wildman–Crippen MR) is 92.1 cm³/mol. The minimum absolute atomic E-state index is 0.0514. The normalized spacial score (nSPS) is 11.0. The van der Waals surface area contributed by atoms with E-state index in [-0.39, 0.29) is 5.69 Å². The minimum Gasteiger partial charge on any atom is -0.258 e. The number of hydrogen-bond acceptors (Lipinski definition) is 6. The number of nitrogens with zero attached hydrogens (tertiary/aromatic N) is 5. The molecule has 0 bridgehead atoms. The molecule has 0 aliphatic heterocycles. The first-order valence-corrected chi connectivity index (χ1v) is 8.06. The van der Waals surface area contributed by atoms with Gasteiger partial charge in [0.1, 0.15) is 6.33 Å². The average molecular weight is 339 g/mol. The highest BCUT2D eigenvalue weighted by molar-refractivity contribution is 7.98. The molecule has 0 saturated carbocycles. The Hall–Kier alpha value is -3.00. The van der Waals surface area contributed by atoms with Crippen molar-refractivity contribution in [3.05, 3.63) is 82.2 Å². The largest absolute Gasteiger partial charge is 0.269 e. The molecule has 3 rings (SSSR count). The summed E-state index contributed by atoms with van der Waals surface area (Å²) in [5, 5.41) is 23.5. The third-order valence-electron chi connectivity index (χ3n) is 3.15. The van der Waals surface area contributed by atoms with E-state index >= 15 is 0 Å². The fourth-order valence-electron chi connectivity index (χ4n) is 1.93. The van der Waals surface area contributed by atoms with Crippen molar-refractivity contribution in [2.75, 3.05) is 0 Å². The Balaban J connectivity index is 1.67. The summed E-state index contributed by atoms with van der Waals surface area (Å²) in [4.78, 5) is 10.2. The number of benzene rings is 2. The van der Waals surface area contributed by atoms with E-state index in [1.807, 2.05) is 30.3 Å². The highest BCUT2D eigenvalue weighted by Crippen LogP contribution is 2.20. The van der Waals surface area contributed by atoms with E-state index in [9.17, 15) is 10.1 Å². The van der Waals surface area contributed by atoms with Gasteiger partial charge in [-0.1, -0.05) is 42.1 Å². The van der Waals surface area contributed by atoms with Crippen molar-refractivity contribution in [2.24, 2.45) is 5.10 Å². The van der Waals surface area contributed by atoms with Crippen LogP contribution in [0.5, 0.6) is 0 Å². The second-order valence-corrected chi connectivity index (χ2v) is 5.77. The Morgan fingerprint density at radius 3 is 2.62 bits per heavy atom. The number of aromatic nitrogens is 3. The van der Waals surface area contributed by atoms with Crippen molar-refractivity contribution < 1.29 is 4.92 Å². The molecule has 0 N–H and O–H groups in total. The lowest BCUT2D eigenvalue weighted by atomic mass is 10.2. The Bertz CT molecular complexity index is 846. The van der Waals surface area contributed by atoms with Crippen LogP contribution in [0.25, 0.3) is 0 Å².